The van der Waals surface area contributed by atoms with E-state index < -0.39 is 0 Å². The topological polar surface area (TPSA) is 9.23 Å². The van der Waals surface area contributed by atoms with E-state index in [9.17, 15) is 0 Å². The summed E-state index contributed by atoms with van der Waals surface area (Å²) in [7, 11) is 0. The first-order valence-electron chi connectivity index (χ1n) is 5.01. The molecule has 1 rings (SSSR count). The van der Waals surface area contributed by atoms with Crippen molar-refractivity contribution in [2.75, 3.05) is 6.61 Å². The lowest BCUT2D eigenvalue weighted by molar-refractivity contribution is 0.0234. The summed E-state index contributed by atoms with van der Waals surface area (Å²) >= 11 is 0. The van der Waals surface area contributed by atoms with Crippen molar-refractivity contribution in [3.8, 4) is 0 Å². The number of hydrogen-bond donors (Lipinski definition) is 0. The Labute approximate surface area is 75.8 Å². The van der Waals surface area contributed by atoms with Crippen molar-refractivity contribution in [2.45, 2.75) is 46.1 Å². The van der Waals surface area contributed by atoms with Crippen molar-refractivity contribution in [1.82, 2.24) is 0 Å². The Morgan fingerprint density at radius 2 is 2.33 bits per heavy atom. The quantitative estimate of drug-likeness (QED) is 0.575. The third-order valence-electron chi connectivity index (χ3n) is 2.61. The average molecular weight is 168 g/mol. The molecule has 0 aromatic carbocycles. The Kier molecular flexibility index (Phi) is 3.80. The molecule has 1 fully saturated rings. The van der Waals surface area contributed by atoms with Crippen LogP contribution >= 0.6 is 0 Å². The van der Waals surface area contributed by atoms with Gasteiger partial charge in [-0.2, -0.15) is 0 Å². The van der Waals surface area contributed by atoms with Crippen LogP contribution in [0.3, 0.4) is 0 Å². The van der Waals surface area contributed by atoms with Gasteiger partial charge in [0.2, 0.25) is 0 Å². The predicted octanol–water partition coefficient (Wildman–Crippen LogP) is 3.16. The first-order valence-corrected chi connectivity index (χ1v) is 5.01. The smallest absolute Gasteiger partial charge is 0.0760 e. The molecule has 70 valence electrons. The molecule has 1 aliphatic heterocycles. The van der Waals surface area contributed by atoms with E-state index in [-0.39, 0.29) is 0 Å². The summed E-state index contributed by atoms with van der Waals surface area (Å²) in [5.74, 6) is 0.838. The summed E-state index contributed by atoms with van der Waals surface area (Å²) in [6.45, 7) is 7.63. The zero-order valence-corrected chi connectivity index (χ0v) is 8.47. The van der Waals surface area contributed by atoms with E-state index in [1.165, 1.54) is 18.4 Å². The van der Waals surface area contributed by atoms with E-state index in [0.717, 1.165) is 18.9 Å². The van der Waals surface area contributed by atoms with Crippen molar-refractivity contribution >= 4 is 0 Å². The standard InChI is InChI=1S/C11H20O/c1-4-9(2)7-11-8-10(3)5-6-12-11/h7,10-11H,4-6,8H2,1-3H3/b9-7-. The highest BCUT2D eigenvalue weighted by Crippen LogP contribution is 2.21. The molecule has 0 amide bonds. The Morgan fingerprint density at radius 3 is 2.92 bits per heavy atom. The molecular weight excluding hydrogens is 148 g/mol. The third-order valence-corrected chi connectivity index (χ3v) is 2.61. The first kappa shape index (κ1) is 9.79. The second-order valence-electron chi connectivity index (χ2n) is 3.91. The lowest BCUT2D eigenvalue weighted by Crippen LogP contribution is -2.22. The van der Waals surface area contributed by atoms with E-state index in [4.69, 9.17) is 4.74 Å². The van der Waals surface area contributed by atoms with Crippen LogP contribution in [-0.2, 0) is 4.74 Å². The van der Waals surface area contributed by atoms with Gasteiger partial charge in [-0.15, -0.1) is 0 Å². The van der Waals surface area contributed by atoms with Gasteiger partial charge in [0.25, 0.3) is 0 Å². The van der Waals surface area contributed by atoms with Crippen molar-refractivity contribution in [1.29, 1.82) is 0 Å². The SMILES string of the molecule is CC/C(C)=C\C1CC(C)CCO1. The Morgan fingerprint density at radius 1 is 1.58 bits per heavy atom. The number of ether oxygens (including phenoxy) is 1. The number of allylic oxidation sites excluding steroid dienone is 1. The summed E-state index contributed by atoms with van der Waals surface area (Å²) in [6.07, 6.45) is 6.27. The molecule has 0 radical (unpaired) electrons. The summed E-state index contributed by atoms with van der Waals surface area (Å²) in [4.78, 5) is 0. The summed E-state index contributed by atoms with van der Waals surface area (Å²) < 4.78 is 5.64. The van der Waals surface area contributed by atoms with Crippen LogP contribution in [0.1, 0.15) is 40.0 Å². The molecule has 1 nitrogen and oxygen atoms in total. The highest BCUT2D eigenvalue weighted by atomic mass is 16.5. The minimum Gasteiger partial charge on any atom is -0.374 e. The predicted molar refractivity (Wildman–Crippen MR) is 52.2 cm³/mol. The molecule has 12 heavy (non-hydrogen) atoms. The van der Waals surface area contributed by atoms with E-state index >= 15 is 0 Å². The average Bonchev–Trinajstić information content (AvgIpc) is 2.04. The van der Waals surface area contributed by atoms with Gasteiger partial charge < -0.3 is 4.74 Å². The number of hydrogen-bond acceptors (Lipinski definition) is 1. The van der Waals surface area contributed by atoms with Crippen LogP contribution in [0.2, 0.25) is 0 Å². The second kappa shape index (κ2) is 4.66. The fourth-order valence-corrected chi connectivity index (χ4v) is 1.55. The Bertz CT molecular complexity index is 160. The molecule has 0 saturated carbocycles. The Balaban J connectivity index is 2.41. The van der Waals surface area contributed by atoms with E-state index in [1.807, 2.05) is 0 Å². The monoisotopic (exact) mass is 168 g/mol. The molecule has 0 N–H and O–H groups in total. The van der Waals surface area contributed by atoms with Crippen LogP contribution < -0.4 is 0 Å². The molecule has 1 saturated heterocycles. The van der Waals surface area contributed by atoms with Crippen molar-refractivity contribution in [2.24, 2.45) is 5.92 Å². The van der Waals surface area contributed by atoms with Crippen molar-refractivity contribution < 1.29 is 4.74 Å². The molecule has 2 unspecified atom stereocenters. The van der Waals surface area contributed by atoms with Crippen molar-refractivity contribution in [3.63, 3.8) is 0 Å². The molecule has 1 heterocycles. The zero-order valence-electron chi connectivity index (χ0n) is 8.47. The maximum atomic E-state index is 5.64. The fraction of sp³-hybridized carbons (Fsp3) is 0.818. The van der Waals surface area contributed by atoms with Gasteiger partial charge in [0.05, 0.1) is 6.10 Å². The van der Waals surface area contributed by atoms with Gasteiger partial charge in [-0.05, 0) is 32.1 Å². The van der Waals surface area contributed by atoms with E-state index in [1.54, 1.807) is 0 Å². The minimum absolute atomic E-state index is 0.397. The molecule has 1 heteroatoms. The highest BCUT2D eigenvalue weighted by Gasteiger charge is 2.16. The molecule has 1 aliphatic rings. The fourth-order valence-electron chi connectivity index (χ4n) is 1.55. The molecule has 2 atom stereocenters. The van der Waals surface area contributed by atoms with E-state index in [0.29, 0.717) is 6.10 Å². The minimum atomic E-state index is 0.397. The van der Waals surface area contributed by atoms with Gasteiger partial charge >= 0.3 is 0 Å². The Hall–Kier alpha value is -0.300. The third kappa shape index (κ3) is 2.98. The normalized spacial score (nSPS) is 32.1. The zero-order chi connectivity index (χ0) is 8.97. The van der Waals surface area contributed by atoms with Crippen LogP contribution in [0, 0.1) is 5.92 Å². The van der Waals surface area contributed by atoms with Gasteiger partial charge in [-0.1, -0.05) is 25.5 Å². The van der Waals surface area contributed by atoms with Gasteiger partial charge in [0.15, 0.2) is 0 Å². The largest absolute Gasteiger partial charge is 0.374 e. The summed E-state index contributed by atoms with van der Waals surface area (Å²) in [5.41, 5.74) is 1.45. The lowest BCUT2D eigenvalue weighted by atomic mass is 9.96. The molecule has 0 aromatic rings. The first-order chi connectivity index (χ1) is 5.72. The summed E-state index contributed by atoms with van der Waals surface area (Å²) in [5, 5.41) is 0. The highest BCUT2D eigenvalue weighted by molar-refractivity contribution is 5.02. The van der Waals surface area contributed by atoms with Crippen LogP contribution in [0.25, 0.3) is 0 Å². The van der Waals surface area contributed by atoms with Crippen LogP contribution in [0.5, 0.6) is 0 Å². The van der Waals surface area contributed by atoms with Crippen LogP contribution in [-0.4, -0.2) is 12.7 Å². The molecule has 0 spiro atoms. The maximum absolute atomic E-state index is 5.64. The molecular formula is C11H20O. The van der Waals surface area contributed by atoms with Gasteiger partial charge in [0.1, 0.15) is 0 Å². The molecule has 0 aromatic heterocycles. The lowest BCUT2D eigenvalue weighted by Gasteiger charge is -2.25. The summed E-state index contributed by atoms with van der Waals surface area (Å²) in [6, 6.07) is 0. The van der Waals surface area contributed by atoms with Gasteiger partial charge in [0, 0.05) is 6.61 Å². The van der Waals surface area contributed by atoms with Crippen molar-refractivity contribution in [3.05, 3.63) is 11.6 Å². The number of rotatable bonds is 2. The van der Waals surface area contributed by atoms with Crippen LogP contribution in [0.15, 0.2) is 11.6 Å². The van der Waals surface area contributed by atoms with Crippen LogP contribution in [0.4, 0.5) is 0 Å². The van der Waals surface area contributed by atoms with E-state index in [2.05, 4.69) is 26.8 Å². The van der Waals surface area contributed by atoms with Gasteiger partial charge in [-0.3, -0.25) is 0 Å². The maximum Gasteiger partial charge on any atom is 0.0760 e. The van der Waals surface area contributed by atoms with Gasteiger partial charge in [-0.25, -0.2) is 0 Å². The second-order valence-corrected chi connectivity index (χ2v) is 3.91. The molecule has 0 bridgehead atoms. The molecule has 0 aliphatic carbocycles.